The van der Waals surface area contributed by atoms with E-state index in [4.69, 9.17) is 10.5 Å². The maximum atomic E-state index is 6.08. The smallest absolute Gasteiger partial charge is 0.221 e. The first-order valence-electron chi connectivity index (χ1n) is 7.03. The molecule has 4 nitrogen and oxygen atoms in total. The molecule has 1 heterocycles. The van der Waals surface area contributed by atoms with Crippen LogP contribution in [-0.4, -0.2) is 15.8 Å². The highest BCUT2D eigenvalue weighted by atomic mass is 16.5. The van der Waals surface area contributed by atoms with E-state index in [-0.39, 0.29) is 6.04 Å². The zero-order chi connectivity index (χ0) is 14.7. The van der Waals surface area contributed by atoms with Gasteiger partial charge >= 0.3 is 0 Å². The molecule has 0 bridgehead atoms. The first kappa shape index (κ1) is 14.6. The van der Waals surface area contributed by atoms with Crippen LogP contribution >= 0.6 is 0 Å². The maximum absolute atomic E-state index is 6.08. The zero-order valence-electron chi connectivity index (χ0n) is 12.7. The number of benzene rings is 1. The Kier molecular flexibility index (Phi) is 4.45. The summed E-state index contributed by atoms with van der Waals surface area (Å²) in [4.78, 5) is 0. The van der Waals surface area contributed by atoms with Crippen LogP contribution in [-0.2, 0) is 13.5 Å². The Morgan fingerprint density at radius 3 is 2.75 bits per heavy atom. The Morgan fingerprint density at radius 2 is 2.10 bits per heavy atom. The molecule has 0 radical (unpaired) electrons. The minimum Gasteiger partial charge on any atom is -0.439 e. The van der Waals surface area contributed by atoms with Gasteiger partial charge in [-0.25, -0.2) is 4.68 Å². The van der Waals surface area contributed by atoms with E-state index in [1.54, 1.807) is 4.68 Å². The van der Waals surface area contributed by atoms with Crippen molar-refractivity contribution in [3.8, 4) is 11.6 Å². The Labute approximate surface area is 120 Å². The van der Waals surface area contributed by atoms with Crippen LogP contribution in [0, 0.1) is 13.8 Å². The SMILES string of the molecule is CCC(N)Cc1c(C)nn(C)c1Oc1cccc(C)c1. The molecule has 0 spiro atoms. The molecule has 0 aliphatic heterocycles. The number of hydrogen-bond donors (Lipinski definition) is 1. The summed E-state index contributed by atoms with van der Waals surface area (Å²) in [6.45, 7) is 6.15. The van der Waals surface area contributed by atoms with Crippen molar-refractivity contribution in [3.63, 3.8) is 0 Å². The summed E-state index contributed by atoms with van der Waals surface area (Å²) in [5, 5.41) is 4.45. The number of nitrogens with zero attached hydrogens (tertiary/aromatic N) is 2. The maximum Gasteiger partial charge on any atom is 0.221 e. The van der Waals surface area contributed by atoms with Gasteiger partial charge in [0.2, 0.25) is 5.88 Å². The average Bonchev–Trinajstić information content (AvgIpc) is 2.65. The van der Waals surface area contributed by atoms with Gasteiger partial charge in [0.15, 0.2) is 0 Å². The lowest BCUT2D eigenvalue weighted by atomic mass is 10.1. The molecule has 0 aliphatic carbocycles. The number of nitrogens with two attached hydrogens (primary N) is 1. The van der Waals surface area contributed by atoms with Gasteiger partial charge in [-0.1, -0.05) is 19.1 Å². The summed E-state index contributed by atoms with van der Waals surface area (Å²) in [6, 6.07) is 8.16. The second kappa shape index (κ2) is 6.09. The van der Waals surface area contributed by atoms with Gasteiger partial charge in [-0.3, -0.25) is 0 Å². The fraction of sp³-hybridized carbons (Fsp3) is 0.438. The lowest BCUT2D eigenvalue weighted by molar-refractivity contribution is 0.423. The molecule has 0 saturated heterocycles. The molecule has 2 rings (SSSR count). The highest BCUT2D eigenvalue weighted by Crippen LogP contribution is 2.28. The summed E-state index contributed by atoms with van der Waals surface area (Å²) >= 11 is 0. The molecule has 0 saturated carbocycles. The second-order valence-electron chi connectivity index (χ2n) is 5.28. The molecule has 2 N–H and O–H groups in total. The van der Waals surface area contributed by atoms with Crippen molar-refractivity contribution in [2.45, 2.75) is 39.7 Å². The molecular weight excluding hydrogens is 250 g/mol. The Hall–Kier alpha value is -1.81. The third-order valence-electron chi connectivity index (χ3n) is 3.48. The highest BCUT2D eigenvalue weighted by Gasteiger charge is 2.17. The summed E-state index contributed by atoms with van der Waals surface area (Å²) in [5.41, 5.74) is 9.34. The highest BCUT2D eigenvalue weighted by molar-refractivity contribution is 5.37. The van der Waals surface area contributed by atoms with Crippen molar-refractivity contribution in [3.05, 3.63) is 41.1 Å². The van der Waals surface area contributed by atoms with E-state index in [2.05, 4.69) is 25.0 Å². The first-order valence-corrected chi connectivity index (χ1v) is 7.03. The van der Waals surface area contributed by atoms with Crippen LogP contribution in [0.25, 0.3) is 0 Å². The lowest BCUT2D eigenvalue weighted by Crippen LogP contribution is -2.21. The summed E-state index contributed by atoms with van der Waals surface area (Å²) in [5.74, 6) is 1.62. The van der Waals surface area contributed by atoms with Gasteiger partial charge in [0.25, 0.3) is 0 Å². The summed E-state index contributed by atoms with van der Waals surface area (Å²) < 4.78 is 7.82. The molecular formula is C16H23N3O. The van der Waals surface area contributed by atoms with Crippen LogP contribution in [0.15, 0.2) is 24.3 Å². The minimum absolute atomic E-state index is 0.137. The van der Waals surface area contributed by atoms with Crippen LogP contribution in [0.3, 0.4) is 0 Å². The standard InChI is InChI=1S/C16H23N3O/c1-5-13(17)10-15-12(3)18-19(4)16(15)20-14-8-6-7-11(2)9-14/h6-9,13H,5,10,17H2,1-4H3. The van der Waals surface area contributed by atoms with Gasteiger partial charge in [-0.2, -0.15) is 5.10 Å². The molecule has 4 heteroatoms. The average molecular weight is 273 g/mol. The van der Waals surface area contributed by atoms with E-state index >= 15 is 0 Å². The van der Waals surface area contributed by atoms with Crippen molar-refractivity contribution in [2.75, 3.05) is 0 Å². The molecule has 1 aromatic carbocycles. The Bertz CT molecular complexity index is 589. The first-order chi connectivity index (χ1) is 9.51. The van der Waals surface area contributed by atoms with E-state index in [0.29, 0.717) is 0 Å². The van der Waals surface area contributed by atoms with Crippen LogP contribution in [0.4, 0.5) is 0 Å². The number of ether oxygens (including phenoxy) is 1. The quantitative estimate of drug-likeness (QED) is 0.910. The third-order valence-corrected chi connectivity index (χ3v) is 3.48. The van der Waals surface area contributed by atoms with Crippen molar-refractivity contribution in [1.82, 2.24) is 9.78 Å². The van der Waals surface area contributed by atoms with Crippen LogP contribution < -0.4 is 10.5 Å². The normalized spacial score (nSPS) is 12.4. The van der Waals surface area contributed by atoms with E-state index in [1.807, 2.05) is 32.2 Å². The summed E-state index contributed by atoms with van der Waals surface area (Å²) in [7, 11) is 1.90. The van der Waals surface area contributed by atoms with Gasteiger partial charge in [-0.15, -0.1) is 0 Å². The molecule has 2 aromatic rings. The lowest BCUT2D eigenvalue weighted by Gasteiger charge is -2.12. The van der Waals surface area contributed by atoms with Gasteiger partial charge < -0.3 is 10.5 Å². The molecule has 1 unspecified atom stereocenters. The molecule has 108 valence electrons. The fourth-order valence-corrected chi connectivity index (χ4v) is 2.24. The van der Waals surface area contributed by atoms with E-state index in [1.165, 1.54) is 5.56 Å². The molecule has 0 amide bonds. The third kappa shape index (κ3) is 3.20. The van der Waals surface area contributed by atoms with E-state index < -0.39 is 0 Å². The Morgan fingerprint density at radius 1 is 1.35 bits per heavy atom. The minimum atomic E-state index is 0.137. The van der Waals surface area contributed by atoms with Gasteiger partial charge in [-0.05, 0) is 44.4 Å². The largest absolute Gasteiger partial charge is 0.439 e. The number of rotatable bonds is 5. The zero-order valence-corrected chi connectivity index (χ0v) is 12.7. The molecule has 0 fully saturated rings. The van der Waals surface area contributed by atoms with E-state index in [9.17, 15) is 0 Å². The molecule has 1 atom stereocenters. The molecule has 0 aliphatic rings. The van der Waals surface area contributed by atoms with Crippen LogP contribution in [0.2, 0.25) is 0 Å². The van der Waals surface area contributed by atoms with Gasteiger partial charge in [0, 0.05) is 18.7 Å². The van der Waals surface area contributed by atoms with Gasteiger partial charge in [0.05, 0.1) is 5.69 Å². The topological polar surface area (TPSA) is 53.1 Å². The molecule has 1 aromatic heterocycles. The molecule has 20 heavy (non-hydrogen) atoms. The van der Waals surface area contributed by atoms with Crippen molar-refractivity contribution < 1.29 is 4.74 Å². The predicted molar refractivity (Wildman–Crippen MR) is 81.2 cm³/mol. The van der Waals surface area contributed by atoms with Gasteiger partial charge in [0.1, 0.15) is 5.75 Å². The van der Waals surface area contributed by atoms with E-state index in [0.717, 1.165) is 35.7 Å². The number of aromatic nitrogens is 2. The van der Waals surface area contributed by atoms with Crippen LogP contribution in [0.5, 0.6) is 11.6 Å². The Balaban J connectivity index is 2.31. The second-order valence-corrected chi connectivity index (χ2v) is 5.28. The monoisotopic (exact) mass is 273 g/mol. The van der Waals surface area contributed by atoms with Crippen molar-refractivity contribution in [2.24, 2.45) is 12.8 Å². The predicted octanol–water partition coefficient (Wildman–Crippen LogP) is 3.11. The van der Waals surface area contributed by atoms with Crippen LogP contribution in [0.1, 0.15) is 30.2 Å². The fourth-order valence-electron chi connectivity index (χ4n) is 2.24. The summed E-state index contributed by atoms with van der Waals surface area (Å²) in [6.07, 6.45) is 1.73. The number of aryl methyl sites for hydroxylation is 3. The van der Waals surface area contributed by atoms with Crippen molar-refractivity contribution >= 4 is 0 Å². The number of hydrogen-bond acceptors (Lipinski definition) is 3. The van der Waals surface area contributed by atoms with Crippen molar-refractivity contribution in [1.29, 1.82) is 0 Å².